The lowest BCUT2D eigenvalue weighted by Gasteiger charge is -2.35. The van der Waals surface area contributed by atoms with Crippen molar-refractivity contribution in [3.05, 3.63) is 16.1 Å². The first-order valence-corrected chi connectivity index (χ1v) is 11.1. The van der Waals surface area contributed by atoms with Crippen molar-refractivity contribution < 1.29 is 13.2 Å². The monoisotopic (exact) mass is 373 g/mol. The van der Waals surface area contributed by atoms with Crippen molar-refractivity contribution in [2.75, 3.05) is 26.3 Å². The van der Waals surface area contributed by atoms with Gasteiger partial charge in [-0.05, 0) is 32.1 Å². The van der Waals surface area contributed by atoms with Crippen LogP contribution in [0.4, 0.5) is 0 Å². The SMILES string of the molecule is CCc1cnc(CNC2CCN(S(=O)(=O)C3CCOCC3)CC2)s1. The van der Waals surface area contributed by atoms with E-state index in [9.17, 15) is 8.42 Å². The molecule has 2 aliphatic rings. The van der Waals surface area contributed by atoms with Gasteiger partial charge in [0.2, 0.25) is 10.0 Å². The van der Waals surface area contributed by atoms with Crippen molar-refractivity contribution >= 4 is 21.4 Å². The van der Waals surface area contributed by atoms with Gasteiger partial charge in [-0.15, -0.1) is 11.3 Å². The fraction of sp³-hybridized carbons (Fsp3) is 0.812. The average Bonchev–Trinajstić information content (AvgIpc) is 3.09. The van der Waals surface area contributed by atoms with E-state index in [-0.39, 0.29) is 5.25 Å². The van der Waals surface area contributed by atoms with Crippen LogP contribution in [0.3, 0.4) is 0 Å². The molecule has 1 aromatic heterocycles. The van der Waals surface area contributed by atoms with Crippen LogP contribution in [0.15, 0.2) is 6.20 Å². The number of aromatic nitrogens is 1. The first-order valence-electron chi connectivity index (χ1n) is 8.83. The number of thiazole rings is 1. The third-order valence-corrected chi connectivity index (χ3v) is 8.44. The minimum absolute atomic E-state index is 0.251. The third-order valence-electron chi connectivity index (χ3n) is 4.90. The molecule has 136 valence electrons. The molecule has 1 N–H and O–H groups in total. The predicted molar refractivity (Wildman–Crippen MR) is 95.7 cm³/mol. The van der Waals surface area contributed by atoms with Gasteiger partial charge in [0.15, 0.2) is 0 Å². The summed E-state index contributed by atoms with van der Waals surface area (Å²) in [6.45, 7) is 5.29. The fourth-order valence-electron chi connectivity index (χ4n) is 3.32. The van der Waals surface area contributed by atoms with E-state index in [1.54, 1.807) is 15.6 Å². The second-order valence-corrected chi connectivity index (χ2v) is 9.90. The maximum Gasteiger partial charge on any atom is 0.217 e. The number of piperidine rings is 1. The molecule has 0 unspecified atom stereocenters. The van der Waals surface area contributed by atoms with E-state index in [0.717, 1.165) is 30.8 Å². The molecule has 2 fully saturated rings. The van der Waals surface area contributed by atoms with Crippen molar-refractivity contribution in [1.29, 1.82) is 0 Å². The lowest BCUT2D eigenvalue weighted by atomic mass is 10.1. The summed E-state index contributed by atoms with van der Waals surface area (Å²) in [5, 5.41) is 4.40. The second-order valence-electron chi connectivity index (χ2n) is 6.48. The Morgan fingerprint density at radius 2 is 2.00 bits per heavy atom. The summed E-state index contributed by atoms with van der Waals surface area (Å²) in [6, 6.07) is 0.375. The number of sulfonamides is 1. The van der Waals surface area contributed by atoms with E-state index in [4.69, 9.17) is 4.74 Å². The molecule has 6 nitrogen and oxygen atoms in total. The molecule has 24 heavy (non-hydrogen) atoms. The van der Waals surface area contributed by atoms with Crippen LogP contribution < -0.4 is 5.32 Å². The van der Waals surface area contributed by atoms with Gasteiger partial charge < -0.3 is 10.1 Å². The van der Waals surface area contributed by atoms with Gasteiger partial charge in [-0.3, -0.25) is 0 Å². The highest BCUT2D eigenvalue weighted by atomic mass is 32.2. The molecule has 0 radical (unpaired) electrons. The number of rotatable bonds is 6. The Bertz CT molecular complexity index is 618. The summed E-state index contributed by atoms with van der Waals surface area (Å²) in [5.41, 5.74) is 0. The van der Waals surface area contributed by atoms with Gasteiger partial charge in [0.05, 0.1) is 5.25 Å². The molecule has 0 aromatic carbocycles. The summed E-state index contributed by atoms with van der Waals surface area (Å²) in [5.74, 6) is 0. The Labute approximate surface area is 148 Å². The highest BCUT2D eigenvalue weighted by molar-refractivity contribution is 7.89. The molecule has 0 bridgehead atoms. The Morgan fingerprint density at radius 3 is 2.62 bits per heavy atom. The molecule has 0 spiro atoms. The van der Waals surface area contributed by atoms with E-state index < -0.39 is 10.0 Å². The number of hydrogen-bond donors (Lipinski definition) is 1. The Hall–Kier alpha value is -0.540. The van der Waals surface area contributed by atoms with Crippen LogP contribution in [0.2, 0.25) is 0 Å². The van der Waals surface area contributed by atoms with Crippen LogP contribution in [-0.4, -0.2) is 55.3 Å². The van der Waals surface area contributed by atoms with Crippen LogP contribution in [-0.2, 0) is 27.7 Å². The molecular formula is C16H27N3O3S2. The predicted octanol–water partition coefficient (Wildman–Crippen LogP) is 1.77. The quantitative estimate of drug-likeness (QED) is 0.823. The molecule has 0 amide bonds. The largest absolute Gasteiger partial charge is 0.381 e. The molecule has 1 aromatic rings. The number of nitrogens with one attached hydrogen (secondary N) is 1. The van der Waals surface area contributed by atoms with Crippen molar-refractivity contribution in [2.24, 2.45) is 0 Å². The lowest BCUT2D eigenvalue weighted by Crippen LogP contribution is -2.48. The Balaban J connectivity index is 1.46. The smallest absolute Gasteiger partial charge is 0.217 e. The average molecular weight is 374 g/mol. The molecule has 3 rings (SSSR count). The Kier molecular flexibility index (Phi) is 6.26. The van der Waals surface area contributed by atoms with Crippen LogP contribution in [0.5, 0.6) is 0 Å². The summed E-state index contributed by atoms with van der Waals surface area (Å²) in [6.07, 6.45) is 5.97. The molecule has 0 atom stereocenters. The minimum Gasteiger partial charge on any atom is -0.381 e. The Morgan fingerprint density at radius 1 is 1.29 bits per heavy atom. The zero-order valence-corrected chi connectivity index (χ0v) is 15.9. The molecule has 8 heteroatoms. The topological polar surface area (TPSA) is 71.5 Å². The fourth-order valence-corrected chi connectivity index (χ4v) is 6.07. The maximum absolute atomic E-state index is 12.7. The van der Waals surface area contributed by atoms with Crippen LogP contribution >= 0.6 is 11.3 Å². The highest BCUT2D eigenvalue weighted by Gasteiger charge is 2.35. The van der Waals surface area contributed by atoms with Crippen molar-refractivity contribution in [1.82, 2.24) is 14.6 Å². The van der Waals surface area contributed by atoms with E-state index in [1.165, 1.54) is 4.88 Å². The summed E-state index contributed by atoms with van der Waals surface area (Å²) >= 11 is 1.75. The number of ether oxygens (including phenoxy) is 1. The van der Waals surface area contributed by atoms with Gasteiger partial charge in [-0.25, -0.2) is 17.7 Å². The minimum atomic E-state index is -3.16. The van der Waals surface area contributed by atoms with Gasteiger partial charge in [-0.1, -0.05) is 6.92 Å². The molecule has 2 aliphatic heterocycles. The van der Waals surface area contributed by atoms with E-state index in [2.05, 4.69) is 17.2 Å². The van der Waals surface area contributed by atoms with Crippen LogP contribution in [0.1, 0.15) is 42.5 Å². The van der Waals surface area contributed by atoms with E-state index >= 15 is 0 Å². The van der Waals surface area contributed by atoms with Crippen molar-refractivity contribution in [3.8, 4) is 0 Å². The van der Waals surface area contributed by atoms with Gasteiger partial charge in [0, 0.05) is 50.0 Å². The molecule has 0 saturated carbocycles. The first kappa shape index (κ1) is 18.3. The van der Waals surface area contributed by atoms with Gasteiger partial charge >= 0.3 is 0 Å². The van der Waals surface area contributed by atoms with Gasteiger partial charge in [0.25, 0.3) is 0 Å². The molecule has 0 aliphatic carbocycles. The zero-order chi connectivity index (χ0) is 17.0. The normalized spacial score (nSPS) is 22.0. The number of aryl methyl sites for hydroxylation is 1. The molecular weight excluding hydrogens is 346 g/mol. The third kappa shape index (κ3) is 4.35. The standard InChI is InChI=1S/C16H27N3O3S2/c1-2-14-11-18-16(23-14)12-17-13-3-7-19(8-4-13)24(20,21)15-5-9-22-10-6-15/h11,13,15,17H,2-10,12H2,1H3. The van der Waals surface area contributed by atoms with E-state index in [1.807, 2.05) is 6.20 Å². The summed E-state index contributed by atoms with van der Waals surface area (Å²) in [4.78, 5) is 5.73. The molecule has 3 heterocycles. The van der Waals surface area contributed by atoms with Crippen LogP contribution in [0.25, 0.3) is 0 Å². The maximum atomic E-state index is 12.7. The number of hydrogen-bond acceptors (Lipinski definition) is 6. The highest BCUT2D eigenvalue weighted by Crippen LogP contribution is 2.23. The molecule has 2 saturated heterocycles. The van der Waals surface area contributed by atoms with Crippen molar-refractivity contribution in [2.45, 2.75) is 56.9 Å². The summed E-state index contributed by atoms with van der Waals surface area (Å²) in [7, 11) is -3.16. The first-order chi connectivity index (χ1) is 11.6. The van der Waals surface area contributed by atoms with E-state index in [0.29, 0.717) is 45.2 Å². The van der Waals surface area contributed by atoms with Crippen molar-refractivity contribution in [3.63, 3.8) is 0 Å². The summed E-state index contributed by atoms with van der Waals surface area (Å²) < 4.78 is 32.4. The van der Waals surface area contributed by atoms with Crippen LogP contribution in [0, 0.1) is 0 Å². The lowest BCUT2D eigenvalue weighted by molar-refractivity contribution is 0.0968. The van der Waals surface area contributed by atoms with Gasteiger partial charge in [0.1, 0.15) is 5.01 Å². The number of nitrogens with zero attached hydrogens (tertiary/aromatic N) is 2. The second kappa shape index (κ2) is 8.23. The van der Waals surface area contributed by atoms with Gasteiger partial charge in [-0.2, -0.15) is 0 Å². The zero-order valence-electron chi connectivity index (χ0n) is 14.2.